The fourth-order valence-corrected chi connectivity index (χ4v) is 8.15. The Bertz CT molecular complexity index is 1540. The lowest BCUT2D eigenvalue weighted by molar-refractivity contribution is -0.403. The quantitative estimate of drug-likeness (QED) is 0.0643. The van der Waals surface area contributed by atoms with Gasteiger partial charge in [-0.05, 0) is 0 Å². The van der Waals surface area contributed by atoms with Gasteiger partial charge in [0.15, 0.2) is 25.2 Å². The van der Waals surface area contributed by atoms with Crippen LogP contribution in [0.3, 0.4) is 0 Å². The standard InChI is InChI=1S/C35H60N2O28/c1-8(43)37-16-20(49)18(47)11(4-39)58-31(16)63-29-24(53)33(61-25-13(6-41)57-30(54)22(51)21(25)50)60-14(7-42)26(29)62-32-23(52)28(19(48)12(5-40)59-32)65-35(34(55)56)2-9(44)15(36)27(64-35)17(46)10(45)3-38/h9-33,38-42,44-54H,2-7,36H2,1H3,(H,37,43)(H,55,56)/t9-,10+,11+,12+,13+,14+,15+,16+,17+,18+,19-,20+,21+,22+,23+,24+,25+,26-,27+,28-,29+,30+,31-,32-,33-,35-/m0/s1. The molecule has 5 aliphatic heterocycles. The molecule has 0 radical (unpaired) electrons. The minimum Gasteiger partial charge on any atom is -0.477 e. The highest BCUT2D eigenvalue weighted by Crippen LogP contribution is 2.39. The first-order valence-corrected chi connectivity index (χ1v) is 20.3. The number of aliphatic hydroxyl groups is 16. The van der Waals surface area contributed by atoms with Gasteiger partial charge < -0.3 is 140 Å². The van der Waals surface area contributed by atoms with Crippen LogP contribution in [0.15, 0.2) is 0 Å². The number of nitrogens with two attached hydrogens (primary N) is 1. The number of carbonyl (C=O) groups is 2. The molecular weight excluding hydrogens is 896 g/mol. The molecule has 0 spiro atoms. The van der Waals surface area contributed by atoms with Crippen LogP contribution in [-0.2, 0) is 52.2 Å². The van der Waals surface area contributed by atoms with Crippen molar-refractivity contribution >= 4 is 11.9 Å². The first-order chi connectivity index (χ1) is 30.6. The Kier molecular flexibility index (Phi) is 18.7. The molecular formula is C35H60N2O28. The number of hydrogen-bond donors (Lipinski definition) is 19. The average molecular weight is 957 g/mol. The Balaban J connectivity index is 1.52. The molecule has 5 rings (SSSR count). The number of aliphatic carboxylic acids is 1. The Morgan fingerprint density at radius 1 is 0.646 bits per heavy atom. The molecule has 5 aliphatic rings. The van der Waals surface area contributed by atoms with Gasteiger partial charge in [-0.2, -0.15) is 0 Å². The molecule has 5 heterocycles. The van der Waals surface area contributed by atoms with Crippen LogP contribution in [0.25, 0.3) is 0 Å². The molecule has 30 nitrogen and oxygen atoms in total. The second-order valence-electron chi connectivity index (χ2n) is 16.2. The molecule has 65 heavy (non-hydrogen) atoms. The van der Waals surface area contributed by atoms with Crippen LogP contribution >= 0.6 is 0 Å². The predicted octanol–water partition coefficient (Wildman–Crippen LogP) is -12.6. The number of rotatable bonds is 17. The summed E-state index contributed by atoms with van der Waals surface area (Å²) in [4.78, 5) is 25.1. The molecule has 5 fully saturated rings. The lowest BCUT2D eigenvalue weighted by Crippen LogP contribution is -2.71. The smallest absolute Gasteiger partial charge is 0.364 e. The van der Waals surface area contributed by atoms with E-state index in [4.69, 9.17) is 48.4 Å². The highest BCUT2D eigenvalue weighted by molar-refractivity contribution is 5.76. The average Bonchev–Trinajstić information content (AvgIpc) is 3.27. The second-order valence-corrected chi connectivity index (χ2v) is 16.2. The SMILES string of the molecule is CC(=O)N[C@H]1[C@H](O[C@@H]2[C@@H](O)[C@H](O[C@H]3[C@H](O)[C@@H](O)[C@H](O)O[C@@H]3CO)O[C@H](CO)[C@@H]2O[C@@H]2O[C@H](CO)[C@H](O)[C@H](O[C@]3(C(=O)O)C[C@H](O)[C@@H](N)[C@H]([C@H](O)[C@H](O)CO)O3)[C@H]2O)O[C@H](CO)[C@@H](O)[C@@H]1O. The van der Waals surface area contributed by atoms with E-state index in [9.17, 15) is 96.4 Å². The summed E-state index contributed by atoms with van der Waals surface area (Å²) < 4.78 is 51.1. The maximum Gasteiger partial charge on any atom is 0.364 e. The third kappa shape index (κ3) is 11.2. The van der Waals surface area contributed by atoms with Crippen molar-refractivity contribution in [1.29, 1.82) is 0 Å². The first kappa shape index (κ1) is 53.8. The number of aliphatic hydroxyl groups excluding tert-OH is 16. The van der Waals surface area contributed by atoms with Crippen LogP contribution in [0.4, 0.5) is 0 Å². The maximum atomic E-state index is 12.8. The first-order valence-electron chi connectivity index (χ1n) is 20.3. The van der Waals surface area contributed by atoms with Crippen molar-refractivity contribution in [2.75, 3.05) is 33.0 Å². The number of carboxylic acid groups (broad SMARTS) is 1. The van der Waals surface area contributed by atoms with Crippen LogP contribution in [-0.4, -0.2) is 291 Å². The van der Waals surface area contributed by atoms with Gasteiger partial charge in [0.05, 0.1) is 45.2 Å². The lowest BCUT2D eigenvalue weighted by atomic mass is 9.88. The number of carboxylic acids is 1. The molecule has 0 saturated carbocycles. The van der Waals surface area contributed by atoms with Crippen LogP contribution in [0, 0.1) is 0 Å². The highest BCUT2D eigenvalue weighted by Gasteiger charge is 2.61. The second kappa shape index (κ2) is 22.5. The minimum absolute atomic E-state index is 0.822. The van der Waals surface area contributed by atoms with Gasteiger partial charge in [0, 0.05) is 13.3 Å². The maximum absolute atomic E-state index is 12.8. The van der Waals surface area contributed by atoms with Crippen molar-refractivity contribution in [3.8, 4) is 0 Å². The highest BCUT2D eigenvalue weighted by atomic mass is 16.8. The van der Waals surface area contributed by atoms with Gasteiger partial charge in [-0.3, -0.25) is 4.79 Å². The summed E-state index contributed by atoms with van der Waals surface area (Å²) in [5, 5.41) is 182. The van der Waals surface area contributed by atoms with E-state index in [2.05, 4.69) is 5.32 Å². The molecule has 0 aromatic heterocycles. The van der Waals surface area contributed by atoms with Crippen molar-refractivity contribution in [2.45, 2.75) is 172 Å². The van der Waals surface area contributed by atoms with Crippen molar-refractivity contribution < 1.29 is 139 Å². The fraction of sp³-hybridized carbons (Fsp3) is 0.943. The summed E-state index contributed by atoms with van der Waals surface area (Å²) >= 11 is 0. The number of nitrogens with one attached hydrogen (secondary N) is 1. The number of carbonyl (C=O) groups excluding carboxylic acids is 1. The monoisotopic (exact) mass is 956 g/mol. The van der Waals surface area contributed by atoms with E-state index in [-0.39, 0.29) is 0 Å². The lowest BCUT2D eigenvalue weighted by Gasteiger charge is -2.51. The summed E-state index contributed by atoms with van der Waals surface area (Å²) in [6, 6.07) is -3.33. The normalized spacial score (nSPS) is 48.3. The van der Waals surface area contributed by atoms with Crippen molar-refractivity contribution in [3.63, 3.8) is 0 Å². The number of amides is 1. The summed E-state index contributed by atoms with van der Waals surface area (Å²) in [5.41, 5.74) is 5.93. The van der Waals surface area contributed by atoms with Gasteiger partial charge in [-0.1, -0.05) is 0 Å². The summed E-state index contributed by atoms with van der Waals surface area (Å²) in [6.45, 7) is -4.24. The Labute approximate surface area is 367 Å². The van der Waals surface area contributed by atoms with Crippen LogP contribution in [0.1, 0.15) is 13.3 Å². The molecule has 378 valence electrons. The zero-order valence-electron chi connectivity index (χ0n) is 34.3. The molecule has 0 aliphatic carbocycles. The van der Waals surface area contributed by atoms with Crippen LogP contribution in [0.5, 0.6) is 0 Å². The van der Waals surface area contributed by atoms with Gasteiger partial charge >= 0.3 is 5.97 Å². The van der Waals surface area contributed by atoms with Gasteiger partial charge in [0.1, 0.15) is 116 Å². The topological polar surface area (TPSA) is 499 Å². The van der Waals surface area contributed by atoms with E-state index in [0.717, 1.165) is 6.92 Å². The van der Waals surface area contributed by atoms with E-state index in [1.165, 1.54) is 0 Å². The summed E-state index contributed by atoms with van der Waals surface area (Å²) in [6.07, 6.45) is -47.4. The molecule has 0 aromatic rings. The molecule has 0 unspecified atom stereocenters. The minimum atomic E-state index is -3.13. The number of ether oxygens (including phenoxy) is 9. The molecule has 5 saturated heterocycles. The van der Waals surface area contributed by atoms with E-state index < -0.39 is 210 Å². The molecule has 0 aromatic carbocycles. The van der Waals surface area contributed by atoms with Crippen LogP contribution in [0.2, 0.25) is 0 Å². The third-order valence-corrected chi connectivity index (χ3v) is 11.8. The van der Waals surface area contributed by atoms with Crippen molar-refractivity contribution in [1.82, 2.24) is 5.32 Å². The molecule has 20 N–H and O–H groups in total. The zero-order valence-corrected chi connectivity index (χ0v) is 34.3. The number of hydrogen-bond acceptors (Lipinski definition) is 28. The zero-order chi connectivity index (χ0) is 48.4. The van der Waals surface area contributed by atoms with Gasteiger partial charge in [0.25, 0.3) is 5.79 Å². The third-order valence-electron chi connectivity index (χ3n) is 11.8. The molecule has 26 atom stereocenters. The van der Waals surface area contributed by atoms with E-state index in [1.54, 1.807) is 0 Å². The van der Waals surface area contributed by atoms with E-state index in [0.29, 0.717) is 0 Å². The van der Waals surface area contributed by atoms with E-state index >= 15 is 0 Å². The molecule has 0 bridgehead atoms. The van der Waals surface area contributed by atoms with Crippen molar-refractivity contribution in [2.24, 2.45) is 5.73 Å². The van der Waals surface area contributed by atoms with Gasteiger partial charge in [-0.15, -0.1) is 0 Å². The Morgan fingerprint density at radius 2 is 1.15 bits per heavy atom. The fourth-order valence-electron chi connectivity index (χ4n) is 8.15. The van der Waals surface area contributed by atoms with Crippen molar-refractivity contribution in [3.05, 3.63) is 0 Å². The molecule has 30 heteroatoms. The largest absolute Gasteiger partial charge is 0.477 e. The predicted molar refractivity (Wildman–Crippen MR) is 197 cm³/mol. The summed E-state index contributed by atoms with van der Waals surface area (Å²) in [7, 11) is 0. The van der Waals surface area contributed by atoms with Crippen LogP contribution < -0.4 is 11.1 Å². The Morgan fingerprint density at radius 3 is 1.71 bits per heavy atom. The summed E-state index contributed by atoms with van der Waals surface area (Å²) in [5.74, 6) is -5.99. The Hall–Kier alpha value is -2.10. The van der Waals surface area contributed by atoms with Gasteiger partial charge in [0.2, 0.25) is 5.91 Å². The van der Waals surface area contributed by atoms with Gasteiger partial charge in [-0.25, -0.2) is 4.79 Å². The molecule has 1 amide bonds. The van der Waals surface area contributed by atoms with E-state index in [1.807, 2.05) is 0 Å².